The van der Waals surface area contributed by atoms with Crippen molar-refractivity contribution in [2.24, 2.45) is 0 Å². The summed E-state index contributed by atoms with van der Waals surface area (Å²) in [5.74, 6) is 1.72. The van der Waals surface area contributed by atoms with Crippen molar-refractivity contribution in [1.29, 1.82) is 0 Å². The van der Waals surface area contributed by atoms with Gasteiger partial charge in [0.25, 0.3) is 0 Å². The zero-order valence-corrected chi connectivity index (χ0v) is 27.5. The van der Waals surface area contributed by atoms with Gasteiger partial charge >= 0.3 is 0 Å². The van der Waals surface area contributed by atoms with Crippen LogP contribution in [-0.4, -0.2) is 46.3 Å². The maximum absolute atomic E-state index is 13.2. The standard InChI is InChI=1S/C20H17FN4.C19H16N4O/c1-3-14-5-4-13(2)25-20(14)23-19(24-25)11-9-17-8-6-15-12-16(21)7-10-18(15)22-17;1-13-7-11-17(24-2)19-21-18(22-23(13)19)12-10-15-9-8-14-5-3-4-6-16(14)20-15/h4-12H,3H2,1-2H3;3-12H,1-2H3. The Hall–Kier alpha value is -6.29. The van der Waals surface area contributed by atoms with E-state index in [9.17, 15) is 4.39 Å². The molecule has 0 saturated heterocycles. The van der Waals surface area contributed by atoms with Gasteiger partial charge in [-0.3, -0.25) is 0 Å². The number of benzene rings is 2. The van der Waals surface area contributed by atoms with Crippen LogP contribution in [-0.2, 0) is 6.42 Å². The molecule has 0 unspecified atom stereocenters. The molecule has 10 heteroatoms. The first-order chi connectivity index (χ1) is 23.9. The highest BCUT2D eigenvalue weighted by Gasteiger charge is 2.10. The van der Waals surface area contributed by atoms with Gasteiger partial charge in [-0.15, -0.1) is 10.2 Å². The third-order valence-corrected chi connectivity index (χ3v) is 8.12. The maximum atomic E-state index is 13.2. The van der Waals surface area contributed by atoms with Gasteiger partial charge < -0.3 is 4.74 Å². The fraction of sp³-hybridized carbons (Fsp3) is 0.128. The highest BCUT2D eigenvalue weighted by Crippen LogP contribution is 2.21. The van der Waals surface area contributed by atoms with Crippen LogP contribution in [0.1, 0.15) is 46.9 Å². The van der Waals surface area contributed by atoms with Crippen LogP contribution in [0.5, 0.6) is 5.75 Å². The van der Waals surface area contributed by atoms with E-state index < -0.39 is 0 Å². The third-order valence-electron chi connectivity index (χ3n) is 8.12. The van der Waals surface area contributed by atoms with E-state index in [2.05, 4.69) is 61.3 Å². The van der Waals surface area contributed by atoms with E-state index in [-0.39, 0.29) is 5.82 Å². The van der Waals surface area contributed by atoms with Crippen LogP contribution in [0.15, 0.2) is 91.0 Å². The molecule has 0 atom stereocenters. The molecule has 0 bridgehead atoms. The molecule has 0 aliphatic rings. The van der Waals surface area contributed by atoms with Gasteiger partial charge in [-0.1, -0.05) is 43.3 Å². The van der Waals surface area contributed by atoms with E-state index >= 15 is 0 Å². The summed E-state index contributed by atoms with van der Waals surface area (Å²) in [6.45, 7) is 6.11. The number of hydrogen-bond donors (Lipinski definition) is 0. The van der Waals surface area contributed by atoms with Crippen LogP contribution in [0, 0.1) is 19.7 Å². The average Bonchev–Trinajstić information content (AvgIpc) is 3.77. The lowest BCUT2D eigenvalue weighted by Crippen LogP contribution is -1.96. The molecule has 0 saturated carbocycles. The number of fused-ring (bicyclic) bond motifs is 4. The summed E-state index contributed by atoms with van der Waals surface area (Å²) in [5.41, 5.74) is 8.21. The number of nitrogens with zero attached hydrogens (tertiary/aromatic N) is 8. The molecule has 0 radical (unpaired) electrons. The molecule has 0 aliphatic carbocycles. The Morgan fingerprint density at radius 3 is 1.94 bits per heavy atom. The number of para-hydroxylation sites is 1. The topological polar surface area (TPSA) is 95.4 Å². The second-order valence-electron chi connectivity index (χ2n) is 11.5. The van der Waals surface area contributed by atoms with Crippen molar-refractivity contribution >= 4 is 57.4 Å². The quantitative estimate of drug-likeness (QED) is 0.179. The van der Waals surface area contributed by atoms with Crippen LogP contribution in [0.3, 0.4) is 0 Å². The summed E-state index contributed by atoms with van der Waals surface area (Å²) in [6.07, 6.45) is 8.42. The lowest BCUT2D eigenvalue weighted by atomic mass is 10.2. The molecule has 0 aliphatic heterocycles. The van der Waals surface area contributed by atoms with Crippen molar-refractivity contribution in [3.8, 4) is 5.75 Å². The van der Waals surface area contributed by atoms with E-state index in [1.807, 2.05) is 91.2 Å². The highest BCUT2D eigenvalue weighted by molar-refractivity contribution is 5.81. The fourth-order valence-electron chi connectivity index (χ4n) is 5.50. The van der Waals surface area contributed by atoms with Crippen LogP contribution in [0.25, 0.3) is 57.4 Å². The van der Waals surface area contributed by atoms with E-state index in [0.29, 0.717) is 23.0 Å². The van der Waals surface area contributed by atoms with Crippen molar-refractivity contribution in [2.45, 2.75) is 27.2 Å². The Morgan fingerprint density at radius 2 is 1.24 bits per heavy atom. The summed E-state index contributed by atoms with van der Waals surface area (Å²) in [4.78, 5) is 18.3. The number of ether oxygens (including phenoxy) is 1. The van der Waals surface area contributed by atoms with E-state index in [4.69, 9.17) is 4.74 Å². The molecule has 0 spiro atoms. The molecule has 8 rings (SSSR count). The van der Waals surface area contributed by atoms with E-state index in [1.54, 1.807) is 17.7 Å². The number of pyridine rings is 4. The molecule has 8 aromatic rings. The van der Waals surface area contributed by atoms with Gasteiger partial charge in [0.1, 0.15) is 5.82 Å². The predicted molar refractivity (Wildman–Crippen MR) is 193 cm³/mol. The van der Waals surface area contributed by atoms with Crippen molar-refractivity contribution < 1.29 is 9.13 Å². The molecular formula is C39H33FN8O. The van der Waals surface area contributed by atoms with Crippen molar-refractivity contribution in [2.75, 3.05) is 7.11 Å². The zero-order valence-electron chi connectivity index (χ0n) is 27.5. The van der Waals surface area contributed by atoms with Crippen LogP contribution < -0.4 is 4.74 Å². The minimum Gasteiger partial charge on any atom is -0.493 e. The second-order valence-corrected chi connectivity index (χ2v) is 11.5. The average molecular weight is 649 g/mol. The van der Waals surface area contributed by atoms with Crippen LogP contribution >= 0.6 is 0 Å². The van der Waals surface area contributed by atoms with Crippen LogP contribution in [0.4, 0.5) is 4.39 Å². The number of methoxy groups -OCH3 is 1. The van der Waals surface area contributed by atoms with E-state index in [0.717, 1.165) is 56.6 Å². The minimum atomic E-state index is -0.256. The Labute approximate surface area is 282 Å². The maximum Gasteiger partial charge on any atom is 0.198 e. The van der Waals surface area contributed by atoms with Crippen molar-refractivity contribution in [1.82, 2.24) is 39.2 Å². The van der Waals surface area contributed by atoms with Gasteiger partial charge in [-0.25, -0.2) is 33.4 Å². The normalized spacial score (nSPS) is 11.7. The second kappa shape index (κ2) is 13.4. The smallest absolute Gasteiger partial charge is 0.198 e. The van der Waals surface area contributed by atoms with Gasteiger partial charge in [0, 0.05) is 22.2 Å². The summed E-state index contributed by atoms with van der Waals surface area (Å²) in [5, 5.41) is 11.0. The Balaban J connectivity index is 0.000000154. The molecule has 0 amide bonds. The number of hydrogen-bond acceptors (Lipinski definition) is 7. The van der Waals surface area contributed by atoms with Crippen LogP contribution in [0.2, 0.25) is 0 Å². The molecule has 0 N–H and O–H groups in total. The largest absolute Gasteiger partial charge is 0.493 e. The Morgan fingerprint density at radius 1 is 0.633 bits per heavy atom. The monoisotopic (exact) mass is 648 g/mol. The van der Waals surface area contributed by atoms with Gasteiger partial charge in [0.05, 0.1) is 29.5 Å². The summed E-state index contributed by atoms with van der Waals surface area (Å²) >= 11 is 0. The van der Waals surface area contributed by atoms with Crippen molar-refractivity contribution in [3.05, 3.63) is 137 Å². The molecule has 242 valence electrons. The highest BCUT2D eigenvalue weighted by atomic mass is 19.1. The molecule has 9 nitrogen and oxygen atoms in total. The number of rotatable bonds is 6. The van der Waals surface area contributed by atoms with Gasteiger partial charge in [0.15, 0.2) is 28.7 Å². The Bertz CT molecular complexity index is 2530. The lowest BCUT2D eigenvalue weighted by Gasteiger charge is -2.02. The van der Waals surface area contributed by atoms with E-state index in [1.165, 1.54) is 17.7 Å². The fourth-order valence-corrected chi connectivity index (χ4v) is 5.50. The summed E-state index contributed by atoms with van der Waals surface area (Å²) in [7, 11) is 1.63. The first-order valence-electron chi connectivity index (χ1n) is 15.9. The number of aromatic nitrogens is 8. The molecule has 6 aromatic heterocycles. The van der Waals surface area contributed by atoms with Gasteiger partial charge in [-0.05, 0) is 105 Å². The number of halogens is 1. The van der Waals surface area contributed by atoms with Crippen molar-refractivity contribution in [3.63, 3.8) is 0 Å². The molecule has 0 fully saturated rings. The number of aryl methyl sites for hydroxylation is 3. The molecular weight excluding hydrogens is 615 g/mol. The summed E-state index contributed by atoms with van der Waals surface area (Å²) in [6, 6.07) is 28.4. The first-order valence-corrected chi connectivity index (χ1v) is 15.9. The first kappa shape index (κ1) is 31.3. The Kier molecular flexibility index (Phi) is 8.59. The zero-order chi connectivity index (χ0) is 33.9. The van der Waals surface area contributed by atoms with Gasteiger partial charge in [0.2, 0.25) is 0 Å². The SMILES string of the molecule is CCc1ccc(C)n2nc(C=Cc3ccc4cc(F)ccc4n3)nc12.COc1ccc(C)n2nc(C=Cc3ccc4ccccc4n3)nc12. The molecule has 6 heterocycles. The van der Waals surface area contributed by atoms with Gasteiger partial charge in [-0.2, -0.15) is 0 Å². The third kappa shape index (κ3) is 6.62. The molecule has 2 aromatic carbocycles. The molecule has 49 heavy (non-hydrogen) atoms. The lowest BCUT2D eigenvalue weighted by molar-refractivity contribution is 0.416. The predicted octanol–water partition coefficient (Wildman–Crippen LogP) is 8.22. The minimum absolute atomic E-state index is 0.256. The summed E-state index contributed by atoms with van der Waals surface area (Å²) < 4.78 is 22.2.